The zero-order valence-corrected chi connectivity index (χ0v) is 40.3. The Hall–Kier alpha value is -4.97. The maximum absolute atomic E-state index is 5.35. The van der Waals surface area contributed by atoms with Gasteiger partial charge in [0, 0.05) is 36.7 Å². The molecule has 0 aliphatic carbocycles. The van der Waals surface area contributed by atoms with Crippen molar-refractivity contribution in [1.82, 2.24) is 14.5 Å². The average molecular weight is 996 g/mol. The summed E-state index contributed by atoms with van der Waals surface area (Å²) < 4.78 is 5.00. The van der Waals surface area contributed by atoms with Gasteiger partial charge in [0.25, 0.3) is 0 Å². The van der Waals surface area contributed by atoms with E-state index in [1.54, 1.807) is 0 Å². The fourth-order valence-corrected chi connectivity index (χ4v) is 10.1. The number of thiophene rings is 1. The molecule has 3 heterocycles. The van der Waals surface area contributed by atoms with E-state index in [1.807, 2.05) is 41.8 Å². The van der Waals surface area contributed by atoms with Gasteiger partial charge in [-0.2, -0.15) is 11.3 Å². The molecule has 9 aromatic rings. The van der Waals surface area contributed by atoms with E-state index in [0.717, 1.165) is 33.7 Å². The first kappa shape index (κ1) is 43.1. The maximum Gasteiger partial charge on any atom is 0.0795 e. The molecule has 3 nitrogen and oxygen atoms in total. The van der Waals surface area contributed by atoms with E-state index in [-0.39, 0.29) is 20.1 Å². The number of aromatic nitrogens is 3. The second-order valence-corrected chi connectivity index (χ2v) is 23.6. The molecule has 3 aromatic heterocycles. The fraction of sp³-hybridized carbons (Fsp3) is 0.222. The van der Waals surface area contributed by atoms with Crippen molar-refractivity contribution in [3.8, 4) is 39.5 Å². The van der Waals surface area contributed by atoms with Gasteiger partial charge in [-0.15, -0.1) is 54.1 Å². The Morgan fingerprint density at radius 3 is 1.97 bits per heavy atom. The minimum absolute atomic E-state index is 0. The van der Waals surface area contributed by atoms with E-state index >= 15 is 0 Å². The number of pyridine rings is 1. The number of para-hydroxylation sites is 2. The molecule has 9 rings (SSSR count). The van der Waals surface area contributed by atoms with Crippen molar-refractivity contribution in [3.05, 3.63) is 168 Å². The van der Waals surface area contributed by atoms with Gasteiger partial charge in [0.15, 0.2) is 0 Å². The van der Waals surface area contributed by atoms with Crippen molar-refractivity contribution in [1.29, 1.82) is 0 Å². The van der Waals surface area contributed by atoms with E-state index < -0.39 is 8.07 Å². The SMILES string of the molecule is CC(C)c1ccc2c(c1)sc1c(-c3nc4ccccc4n3-c3c(C(C)C)cc(-c4ccccc4)cc3C(C)C)[c-]ccc12.C[Si](C)(C)c1ccc(-c2[c-]cccc2)nc1.[Ir]. The van der Waals surface area contributed by atoms with Gasteiger partial charge in [-0.05, 0) is 96.9 Å². The van der Waals surface area contributed by atoms with E-state index in [4.69, 9.17) is 4.98 Å². The minimum atomic E-state index is -1.23. The van der Waals surface area contributed by atoms with Gasteiger partial charge >= 0.3 is 0 Å². The molecule has 0 aliphatic rings. The summed E-state index contributed by atoms with van der Waals surface area (Å²) in [4.78, 5) is 9.86. The van der Waals surface area contributed by atoms with Crippen LogP contribution in [-0.4, -0.2) is 22.6 Å². The van der Waals surface area contributed by atoms with Crippen LogP contribution in [-0.2, 0) is 20.1 Å². The molecule has 0 aliphatic heterocycles. The molecule has 0 saturated carbocycles. The van der Waals surface area contributed by atoms with Gasteiger partial charge in [-0.25, -0.2) is 0 Å². The number of benzene rings is 6. The summed E-state index contributed by atoms with van der Waals surface area (Å²) >= 11 is 1.86. The van der Waals surface area contributed by atoms with Gasteiger partial charge in [0.2, 0.25) is 0 Å². The summed E-state index contributed by atoms with van der Waals surface area (Å²) in [6, 6.07) is 54.5. The molecule has 60 heavy (non-hydrogen) atoms. The van der Waals surface area contributed by atoms with Crippen LogP contribution in [0.3, 0.4) is 0 Å². The van der Waals surface area contributed by atoms with Crippen LogP contribution >= 0.6 is 11.3 Å². The Labute approximate surface area is 375 Å². The zero-order chi connectivity index (χ0) is 41.4. The molecule has 0 bridgehead atoms. The summed E-state index contributed by atoms with van der Waals surface area (Å²) in [6.45, 7) is 20.7. The van der Waals surface area contributed by atoms with Crippen LogP contribution in [0.2, 0.25) is 19.6 Å². The summed E-state index contributed by atoms with van der Waals surface area (Å²) in [5.41, 5.74) is 13.1. The van der Waals surface area contributed by atoms with Crippen LogP contribution < -0.4 is 5.19 Å². The third-order valence-electron chi connectivity index (χ3n) is 11.3. The van der Waals surface area contributed by atoms with Crippen molar-refractivity contribution in [3.63, 3.8) is 0 Å². The molecular weight excluding hydrogens is 943 g/mol. The molecule has 0 spiro atoms. The van der Waals surface area contributed by atoms with Gasteiger partial charge in [0.05, 0.1) is 24.9 Å². The maximum atomic E-state index is 5.35. The number of fused-ring (bicyclic) bond motifs is 4. The number of hydrogen-bond donors (Lipinski definition) is 0. The molecule has 305 valence electrons. The quantitative estimate of drug-likeness (QED) is 0.112. The minimum Gasteiger partial charge on any atom is -0.333 e. The Balaban J connectivity index is 0.000000270. The first-order valence-corrected chi connectivity index (χ1v) is 25.2. The van der Waals surface area contributed by atoms with Crippen molar-refractivity contribution in [2.24, 2.45) is 0 Å². The Morgan fingerprint density at radius 1 is 0.633 bits per heavy atom. The van der Waals surface area contributed by atoms with Crippen LogP contribution in [0.15, 0.2) is 140 Å². The molecule has 1 radical (unpaired) electrons. The van der Waals surface area contributed by atoms with Gasteiger partial charge in [-0.3, -0.25) is 4.98 Å². The van der Waals surface area contributed by atoms with Gasteiger partial charge < -0.3 is 9.55 Å². The van der Waals surface area contributed by atoms with E-state index in [1.165, 1.54) is 58.9 Å². The fourth-order valence-electron chi connectivity index (χ4n) is 7.87. The standard InChI is InChI=1S/C40H37N2S.C14H16NSi.Ir/c1-24(2)28-19-20-30-31-15-12-16-32(39(31)43-37(30)23-28)40-41-35-17-10-11-18-36(35)42(40)38-33(25(3)4)21-29(22-34(38)26(5)6)27-13-8-7-9-14-27;1-16(2,3)13-9-10-14(15-11-13)12-7-5-4-6-8-12;/h7-15,17-26H,1-6H3;4-7,9-11H,1-3H3;/q2*-1;. The van der Waals surface area contributed by atoms with E-state index in [2.05, 4.69) is 192 Å². The third-order valence-corrected chi connectivity index (χ3v) is 14.5. The monoisotopic (exact) mass is 996 g/mol. The smallest absolute Gasteiger partial charge is 0.0795 e. The predicted molar refractivity (Wildman–Crippen MR) is 257 cm³/mol. The van der Waals surface area contributed by atoms with E-state index in [0.29, 0.717) is 17.8 Å². The molecule has 6 heteroatoms. The van der Waals surface area contributed by atoms with Crippen molar-refractivity contribution >= 4 is 55.8 Å². The topological polar surface area (TPSA) is 30.7 Å². The summed E-state index contributed by atoms with van der Waals surface area (Å²) in [5.74, 6) is 2.10. The number of hydrogen-bond acceptors (Lipinski definition) is 3. The van der Waals surface area contributed by atoms with Crippen LogP contribution in [0.1, 0.15) is 76.0 Å². The first-order chi connectivity index (χ1) is 28.4. The Morgan fingerprint density at radius 2 is 1.33 bits per heavy atom. The summed E-state index contributed by atoms with van der Waals surface area (Å²) in [5, 5.41) is 3.97. The van der Waals surface area contributed by atoms with Crippen LogP contribution in [0, 0.1) is 12.1 Å². The van der Waals surface area contributed by atoms with Crippen LogP contribution in [0.25, 0.3) is 70.7 Å². The molecule has 0 N–H and O–H groups in total. The van der Waals surface area contributed by atoms with Gasteiger partial charge in [-0.1, -0.05) is 139 Å². The summed E-state index contributed by atoms with van der Waals surface area (Å²) in [6.07, 6.45) is 2.02. The largest absolute Gasteiger partial charge is 0.333 e. The first-order valence-electron chi connectivity index (χ1n) is 20.9. The van der Waals surface area contributed by atoms with Crippen LogP contribution in [0.4, 0.5) is 0 Å². The molecule has 0 unspecified atom stereocenters. The summed E-state index contributed by atoms with van der Waals surface area (Å²) in [7, 11) is -1.23. The average Bonchev–Trinajstić information content (AvgIpc) is 3.82. The van der Waals surface area contributed by atoms with Gasteiger partial charge in [0.1, 0.15) is 0 Å². The number of imidazole rings is 1. The normalized spacial score (nSPS) is 11.7. The van der Waals surface area contributed by atoms with Crippen molar-refractivity contribution in [2.75, 3.05) is 0 Å². The number of nitrogens with zero attached hydrogens (tertiary/aromatic N) is 3. The van der Waals surface area contributed by atoms with Crippen molar-refractivity contribution in [2.45, 2.75) is 78.9 Å². The molecule has 0 saturated heterocycles. The number of rotatable bonds is 8. The molecule has 6 aromatic carbocycles. The van der Waals surface area contributed by atoms with E-state index in [9.17, 15) is 0 Å². The Bertz CT molecular complexity index is 2860. The third kappa shape index (κ3) is 8.62. The molecule has 0 amide bonds. The second kappa shape index (κ2) is 17.9. The van der Waals surface area contributed by atoms with Crippen molar-refractivity contribution < 1.29 is 20.1 Å². The molecule has 0 atom stereocenters. The predicted octanol–water partition coefficient (Wildman–Crippen LogP) is 15.0. The Kier molecular flexibility index (Phi) is 12.9. The molecular formula is C54H53IrN3SSi-2. The van der Waals surface area contributed by atoms with Crippen LogP contribution in [0.5, 0.6) is 0 Å². The second-order valence-electron chi connectivity index (χ2n) is 17.5. The molecule has 0 fully saturated rings. The zero-order valence-electron chi connectivity index (χ0n) is 36.1.